The van der Waals surface area contributed by atoms with Crippen molar-refractivity contribution in [3.05, 3.63) is 55.6 Å². The molecule has 0 bridgehead atoms. The van der Waals surface area contributed by atoms with Crippen molar-refractivity contribution in [3.8, 4) is 0 Å². The Morgan fingerprint density at radius 2 is 1.85 bits per heavy atom. The van der Waals surface area contributed by atoms with Gasteiger partial charge in [0, 0.05) is 5.02 Å². The largest absolute Gasteiger partial charge is 0.466 e. The minimum absolute atomic E-state index is 0.0750. The van der Waals surface area contributed by atoms with Gasteiger partial charge in [-0.05, 0) is 38.0 Å². The van der Waals surface area contributed by atoms with Gasteiger partial charge in [-0.3, -0.25) is 19.0 Å². The van der Waals surface area contributed by atoms with Gasteiger partial charge >= 0.3 is 11.9 Å². The molecule has 0 spiro atoms. The summed E-state index contributed by atoms with van der Waals surface area (Å²) in [6.07, 6.45) is -0.358. The molecule has 0 unspecified atom stereocenters. The van der Waals surface area contributed by atoms with Gasteiger partial charge in [0.05, 0.1) is 30.9 Å². The monoisotopic (exact) mass is 522 g/mol. The Morgan fingerprint density at radius 1 is 1.15 bits per heavy atom. The molecule has 2 aromatic heterocycles. The standard InChI is InChI=1S/C23H23ClN2O6S2/c1-4-31-17(28)10-15(27)12-33-23-25-20-18(13(3)19(34-20)22(30)32-5-2)21(29)26(23)11-14-8-6-7-9-16(14)24/h6-9H,4-5,10-12H2,1-3H3. The highest BCUT2D eigenvalue weighted by atomic mass is 35.5. The Balaban J connectivity index is 2.04. The van der Waals surface area contributed by atoms with Crippen LogP contribution in [0.1, 0.15) is 41.1 Å². The Labute approximate surface area is 209 Å². The second kappa shape index (κ2) is 11.6. The molecule has 0 amide bonds. The van der Waals surface area contributed by atoms with Gasteiger partial charge in [-0.1, -0.05) is 41.6 Å². The number of aromatic nitrogens is 2. The summed E-state index contributed by atoms with van der Waals surface area (Å²) in [6.45, 7) is 5.58. The summed E-state index contributed by atoms with van der Waals surface area (Å²) in [4.78, 5) is 55.1. The molecule has 0 aliphatic heterocycles. The summed E-state index contributed by atoms with van der Waals surface area (Å²) >= 11 is 8.43. The van der Waals surface area contributed by atoms with Crippen molar-refractivity contribution in [1.29, 1.82) is 0 Å². The second-order valence-corrected chi connectivity index (χ2v) is 9.49. The van der Waals surface area contributed by atoms with E-state index in [-0.39, 0.29) is 48.4 Å². The minimum atomic E-state index is -0.599. The van der Waals surface area contributed by atoms with Gasteiger partial charge in [0.2, 0.25) is 0 Å². The lowest BCUT2D eigenvalue weighted by atomic mass is 10.2. The molecule has 0 saturated heterocycles. The van der Waals surface area contributed by atoms with Gasteiger partial charge in [-0.2, -0.15) is 0 Å². The molecule has 180 valence electrons. The van der Waals surface area contributed by atoms with E-state index in [1.807, 2.05) is 6.07 Å². The third-order valence-electron chi connectivity index (χ3n) is 4.77. The first-order chi connectivity index (χ1) is 16.3. The van der Waals surface area contributed by atoms with Crippen LogP contribution < -0.4 is 5.56 Å². The van der Waals surface area contributed by atoms with Crippen LogP contribution in [-0.4, -0.2) is 46.2 Å². The molecule has 8 nitrogen and oxygen atoms in total. The molecule has 3 rings (SSSR count). The lowest BCUT2D eigenvalue weighted by Gasteiger charge is -2.13. The fraction of sp³-hybridized carbons (Fsp3) is 0.348. The molecule has 0 N–H and O–H groups in total. The van der Waals surface area contributed by atoms with Crippen LogP contribution in [0.2, 0.25) is 5.02 Å². The van der Waals surface area contributed by atoms with Crippen molar-refractivity contribution in [1.82, 2.24) is 9.55 Å². The lowest BCUT2D eigenvalue weighted by molar-refractivity contribution is -0.145. The molecule has 1 aromatic carbocycles. The molecule has 11 heteroatoms. The first-order valence-corrected chi connectivity index (χ1v) is 12.7. The van der Waals surface area contributed by atoms with Crippen molar-refractivity contribution in [2.75, 3.05) is 19.0 Å². The number of aryl methyl sites for hydroxylation is 1. The van der Waals surface area contributed by atoms with E-state index in [4.69, 9.17) is 21.1 Å². The Hall–Kier alpha value is -2.69. The Kier molecular flexibility index (Phi) is 8.87. The quantitative estimate of drug-likeness (QED) is 0.168. The van der Waals surface area contributed by atoms with Crippen LogP contribution in [0.3, 0.4) is 0 Å². The molecular weight excluding hydrogens is 500 g/mol. The number of ketones is 1. The number of ether oxygens (including phenoxy) is 2. The van der Waals surface area contributed by atoms with Crippen molar-refractivity contribution >= 4 is 62.6 Å². The van der Waals surface area contributed by atoms with Crippen LogP contribution in [0.5, 0.6) is 0 Å². The van der Waals surface area contributed by atoms with Crippen LogP contribution in [0.25, 0.3) is 10.2 Å². The predicted molar refractivity (Wildman–Crippen MR) is 132 cm³/mol. The minimum Gasteiger partial charge on any atom is -0.466 e. The van der Waals surface area contributed by atoms with Gasteiger partial charge in [0.15, 0.2) is 10.9 Å². The smallest absolute Gasteiger partial charge is 0.348 e. The number of hydrogen-bond donors (Lipinski definition) is 0. The highest BCUT2D eigenvalue weighted by Gasteiger charge is 2.23. The van der Waals surface area contributed by atoms with Gasteiger partial charge in [0.25, 0.3) is 5.56 Å². The van der Waals surface area contributed by atoms with Crippen LogP contribution in [0.15, 0.2) is 34.2 Å². The zero-order valence-electron chi connectivity index (χ0n) is 18.9. The average molecular weight is 523 g/mol. The van der Waals surface area contributed by atoms with E-state index in [0.29, 0.717) is 31.2 Å². The van der Waals surface area contributed by atoms with Crippen molar-refractivity contribution in [3.63, 3.8) is 0 Å². The summed E-state index contributed by atoms with van der Waals surface area (Å²) < 4.78 is 11.4. The molecule has 0 radical (unpaired) electrons. The third kappa shape index (κ3) is 5.86. The van der Waals surface area contributed by atoms with E-state index < -0.39 is 11.9 Å². The molecule has 3 aromatic rings. The number of halogens is 1. The maximum atomic E-state index is 13.5. The fourth-order valence-corrected chi connectivity index (χ4v) is 5.37. The topological polar surface area (TPSA) is 105 Å². The number of thioether (sulfide) groups is 1. The molecule has 0 aliphatic rings. The second-order valence-electron chi connectivity index (χ2n) is 7.14. The number of fused-ring (bicyclic) bond motifs is 1. The summed E-state index contributed by atoms with van der Waals surface area (Å²) in [5.41, 5.74) is 0.846. The molecule has 0 atom stereocenters. The lowest BCUT2D eigenvalue weighted by Crippen LogP contribution is -2.24. The number of Topliss-reactive ketones (excluding diaryl/α,β-unsaturated/α-hetero) is 1. The number of carbonyl (C=O) groups excluding carboxylic acids is 3. The SMILES string of the molecule is CCOC(=O)CC(=O)CSc1nc2sc(C(=O)OCC)c(C)c2c(=O)n1Cc1ccccc1Cl. The van der Waals surface area contributed by atoms with Crippen LogP contribution in [-0.2, 0) is 25.6 Å². The van der Waals surface area contributed by atoms with Gasteiger partial charge < -0.3 is 9.47 Å². The molecular formula is C23H23ClN2O6S2. The highest BCUT2D eigenvalue weighted by molar-refractivity contribution is 7.99. The van der Waals surface area contributed by atoms with Gasteiger partial charge in [0.1, 0.15) is 16.1 Å². The number of carbonyl (C=O) groups is 3. The van der Waals surface area contributed by atoms with Crippen LogP contribution in [0, 0.1) is 6.92 Å². The number of hydrogen-bond acceptors (Lipinski definition) is 9. The maximum absolute atomic E-state index is 13.5. The zero-order valence-corrected chi connectivity index (χ0v) is 21.3. The summed E-state index contributed by atoms with van der Waals surface area (Å²) in [7, 11) is 0. The molecule has 0 aliphatic carbocycles. The Morgan fingerprint density at radius 3 is 2.53 bits per heavy atom. The molecule has 0 saturated carbocycles. The van der Waals surface area contributed by atoms with Crippen LogP contribution >= 0.6 is 34.7 Å². The number of esters is 2. The summed E-state index contributed by atoms with van der Waals surface area (Å²) in [5.74, 6) is -1.54. The maximum Gasteiger partial charge on any atom is 0.348 e. The molecule has 0 fully saturated rings. The van der Waals surface area contributed by atoms with Gasteiger partial charge in [-0.15, -0.1) is 11.3 Å². The van der Waals surface area contributed by atoms with E-state index in [1.165, 1.54) is 4.57 Å². The first-order valence-electron chi connectivity index (χ1n) is 10.5. The van der Waals surface area contributed by atoms with E-state index in [2.05, 4.69) is 4.98 Å². The number of thiophene rings is 1. The van der Waals surface area contributed by atoms with Crippen molar-refractivity contribution in [2.45, 2.75) is 38.9 Å². The Bertz CT molecular complexity index is 1300. The first kappa shape index (κ1) is 25.9. The zero-order chi connectivity index (χ0) is 24.8. The van der Waals surface area contributed by atoms with Crippen LogP contribution in [0.4, 0.5) is 0 Å². The fourth-order valence-electron chi connectivity index (χ4n) is 3.20. The number of rotatable bonds is 10. The molecule has 34 heavy (non-hydrogen) atoms. The van der Waals surface area contributed by atoms with Crippen molar-refractivity contribution in [2.24, 2.45) is 0 Å². The van der Waals surface area contributed by atoms with E-state index in [9.17, 15) is 19.2 Å². The van der Waals surface area contributed by atoms with Crippen molar-refractivity contribution < 1.29 is 23.9 Å². The molecule has 2 heterocycles. The summed E-state index contributed by atoms with van der Waals surface area (Å²) in [5, 5.41) is 1.09. The normalized spacial score (nSPS) is 10.9. The van der Waals surface area contributed by atoms with E-state index in [0.717, 1.165) is 23.1 Å². The third-order valence-corrected chi connectivity index (χ3v) is 7.34. The summed E-state index contributed by atoms with van der Waals surface area (Å²) in [6, 6.07) is 7.11. The predicted octanol–water partition coefficient (Wildman–Crippen LogP) is 4.26. The van der Waals surface area contributed by atoms with E-state index >= 15 is 0 Å². The number of nitrogens with zero attached hydrogens (tertiary/aromatic N) is 2. The van der Waals surface area contributed by atoms with Gasteiger partial charge in [-0.25, -0.2) is 9.78 Å². The highest BCUT2D eigenvalue weighted by Crippen LogP contribution is 2.30. The number of benzene rings is 1. The average Bonchev–Trinajstić information content (AvgIpc) is 3.12. The van der Waals surface area contributed by atoms with E-state index in [1.54, 1.807) is 39.0 Å².